The van der Waals surface area contributed by atoms with E-state index >= 15 is 0 Å². The van der Waals surface area contributed by atoms with Crippen molar-refractivity contribution >= 4 is 11.6 Å². The Morgan fingerprint density at radius 3 is 2.61 bits per heavy atom. The van der Waals surface area contributed by atoms with Gasteiger partial charge < -0.3 is 14.6 Å². The molecule has 0 saturated heterocycles. The highest BCUT2D eigenvalue weighted by Crippen LogP contribution is 2.27. The molecule has 1 N–H and O–H groups in total. The van der Waals surface area contributed by atoms with Crippen LogP contribution in [0.4, 0.5) is 10.1 Å². The number of carbonyl (C=O) groups is 1. The molecule has 0 fully saturated rings. The summed E-state index contributed by atoms with van der Waals surface area (Å²) in [4.78, 5) is 27.9. The molecule has 0 aliphatic heterocycles. The summed E-state index contributed by atoms with van der Waals surface area (Å²) < 4.78 is 21.7. The molecular weight excluding hydrogens is 463 g/mol. The van der Waals surface area contributed by atoms with Crippen molar-refractivity contribution in [3.05, 3.63) is 92.8 Å². The Morgan fingerprint density at radius 2 is 1.97 bits per heavy atom. The molecular formula is C27H33FN4O4. The molecule has 192 valence electrons. The van der Waals surface area contributed by atoms with Crippen molar-refractivity contribution in [2.24, 2.45) is 0 Å². The number of halogens is 1. The Hall–Kier alpha value is -3.59. The molecule has 2 aromatic heterocycles. The molecule has 0 aliphatic rings. The molecule has 0 radical (unpaired) electrons. The number of nitro benzene ring substituents is 1. The van der Waals surface area contributed by atoms with Gasteiger partial charge >= 0.3 is 0 Å². The van der Waals surface area contributed by atoms with Crippen LogP contribution in [0, 0.1) is 15.9 Å². The maximum absolute atomic E-state index is 13.8. The van der Waals surface area contributed by atoms with Crippen LogP contribution in [0.15, 0.2) is 48.8 Å². The molecule has 3 rings (SSSR count). The van der Waals surface area contributed by atoms with Crippen molar-refractivity contribution in [2.45, 2.75) is 65.6 Å². The van der Waals surface area contributed by atoms with Crippen molar-refractivity contribution in [3.63, 3.8) is 0 Å². The summed E-state index contributed by atoms with van der Waals surface area (Å²) in [5, 5.41) is 13.9. The van der Waals surface area contributed by atoms with E-state index in [-0.39, 0.29) is 30.2 Å². The van der Waals surface area contributed by atoms with Crippen LogP contribution >= 0.6 is 0 Å². The van der Waals surface area contributed by atoms with E-state index in [1.807, 2.05) is 52.1 Å². The monoisotopic (exact) mass is 496 g/mol. The molecule has 0 aliphatic carbocycles. The topological polar surface area (TPSA) is 99.3 Å². The van der Waals surface area contributed by atoms with Gasteiger partial charge in [0.05, 0.1) is 22.7 Å². The fourth-order valence-electron chi connectivity index (χ4n) is 4.18. The van der Waals surface area contributed by atoms with Crippen molar-refractivity contribution in [2.75, 3.05) is 6.61 Å². The maximum atomic E-state index is 13.8. The number of hydrogen-bond donors (Lipinski definition) is 1. The quantitative estimate of drug-likeness (QED) is 0.206. The van der Waals surface area contributed by atoms with Crippen molar-refractivity contribution in [1.82, 2.24) is 14.9 Å². The van der Waals surface area contributed by atoms with Crippen LogP contribution in [0.2, 0.25) is 0 Å². The van der Waals surface area contributed by atoms with Gasteiger partial charge in [-0.2, -0.15) is 0 Å². The first-order chi connectivity index (χ1) is 17.2. The average Bonchev–Trinajstić information content (AvgIpc) is 3.18. The summed E-state index contributed by atoms with van der Waals surface area (Å²) in [5.74, 6) is -0.974. The van der Waals surface area contributed by atoms with E-state index in [0.29, 0.717) is 24.3 Å². The minimum Gasteiger partial charge on any atom is -0.379 e. The number of non-ortho nitro benzene ring substituents is 1. The first-order valence-corrected chi connectivity index (χ1v) is 12.1. The van der Waals surface area contributed by atoms with Gasteiger partial charge in [0.2, 0.25) is 0 Å². The SMILES string of the molecule is CC(C)OCCCc1cc(C(=O)NCc2cc(F)cc([N+](=O)[O-])c2)c(C(C)C)n1Cc1cccnc1. The number of nitro groups is 1. The van der Waals surface area contributed by atoms with Gasteiger partial charge in [-0.25, -0.2) is 4.39 Å². The summed E-state index contributed by atoms with van der Waals surface area (Å²) in [7, 11) is 0. The number of carbonyl (C=O) groups excluding carboxylic acids is 1. The number of rotatable bonds is 12. The van der Waals surface area contributed by atoms with Crippen LogP contribution < -0.4 is 5.32 Å². The van der Waals surface area contributed by atoms with E-state index in [0.717, 1.165) is 35.9 Å². The molecule has 2 heterocycles. The zero-order valence-corrected chi connectivity index (χ0v) is 21.2. The Bertz CT molecular complexity index is 1190. The Balaban J connectivity index is 1.88. The molecule has 0 atom stereocenters. The largest absolute Gasteiger partial charge is 0.379 e. The fourth-order valence-corrected chi connectivity index (χ4v) is 4.18. The molecule has 0 bridgehead atoms. The van der Waals surface area contributed by atoms with Gasteiger partial charge in [-0.1, -0.05) is 19.9 Å². The number of benzene rings is 1. The second kappa shape index (κ2) is 12.4. The summed E-state index contributed by atoms with van der Waals surface area (Å²) >= 11 is 0. The van der Waals surface area contributed by atoms with Crippen LogP contribution in [-0.2, 0) is 24.2 Å². The third-order valence-electron chi connectivity index (χ3n) is 5.71. The zero-order valence-electron chi connectivity index (χ0n) is 21.2. The zero-order chi connectivity index (χ0) is 26.2. The maximum Gasteiger partial charge on any atom is 0.272 e. The van der Waals surface area contributed by atoms with Crippen LogP contribution in [0.5, 0.6) is 0 Å². The van der Waals surface area contributed by atoms with Crippen molar-refractivity contribution in [3.8, 4) is 0 Å². The minimum atomic E-state index is -0.718. The predicted octanol–water partition coefficient (Wildman–Crippen LogP) is 5.39. The van der Waals surface area contributed by atoms with E-state index in [1.54, 1.807) is 6.20 Å². The minimum absolute atomic E-state index is 0.0275. The van der Waals surface area contributed by atoms with Gasteiger partial charge in [-0.15, -0.1) is 0 Å². The first kappa shape index (κ1) is 27.0. The van der Waals surface area contributed by atoms with Gasteiger partial charge in [-0.3, -0.25) is 19.9 Å². The molecule has 9 heteroatoms. The molecule has 36 heavy (non-hydrogen) atoms. The molecule has 1 amide bonds. The second-order valence-corrected chi connectivity index (χ2v) is 9.32. The normalized spacial score (nSPS) is 11.3. The lowest BCUT2D eigenvalue weighted by atomic mass is 10.0. The highest BCUT2D eigenvalue weighted by atomic mass is 19.1. The smallest absolute Gasteiger partial charge is 0.272 e. The summed E-state index contributed by atoms with van der Waals surface area (Å²) in [6.07, 6.45) is 5.23. The molecule has 8 nitrogen and oxygen atoms in total. The lowest BCUT2D eigenvalue weighted by Gasteiger charge is -2.17. The lowest BCUT2D eigenvalue weighted by molar-refractivity contribution is -0.385. The first-order valence-electron chi connectivity index (χ1n) is 12.1. The summed E-state index contributed by atoms with van der Waals surface area (Å²) in [5.41, 5.74) is 3.44. The summed E-state index contributed by atoms with van der Waals surface area (Å²) in [6.45, 7) is 9.23. The van der Waals surface area contributed by atoms with Gasteiger partial charge in [0.15, 0.2) is 0 Å². The Morgan fingerprint density at radius 1 is 1.19 bits per heavy atom. The molecule has 3 aromatic rings. The molecule has 0 saturated carbocycles. The van der Waals surface area contributed by atoms with E-state index < -0.39 is 10.7 Å². The van der Waals surface area contributed by atoms with Crippen molar-refractivity contribution in [1.29, 1.82) is 0 Å². The number of pyridine rings is 1. The van der Waals surface area contributed by atoms with Gasteiger partial charge in [0, 0.05) is 49.5 Å². The van der Waals surface area contributed by atoms with Gasteiger partial charge in [0.25, 0.3) is 11.6 Å². The third-order valence-corrected chi connectivity index (χ3v) is 5.71. The van der Waals surface area contributed by atoms with E-state index in [1.165, 1.54) is 12.1 Å². The van der Waals surface area contributed by atoms with Gasteiger partial charge in [0.1, 0.15) is 5.82 Å². The average molecular weight is 497 g/mol. The number of ether oxygens (including phenoxy) is 1. The Labute approximate surface area is 210 Å². The molecule has 1 aromatic carbocycles. The van der Waals surface area contributed by atoms with Crippen LogP contribution in [0.1, 0.15) is 72.9 Å². The number of aryl methyl sites for hydroxylation is 1. The number of hydrogen-bond acceptors (Lipinski definition) is 5. The highest BCUT2D eigenvalue weighted by Gasteiger charge is 2.23. The summed E-state index contributed by atoms with van der Waals surface area (Å²) in [6, 6.07) is 9.10. The number of nitrogens with one attached hydrogen (secondary N) is 1. The standard InChI is InChI=1S/C27H33FN4O4/c1-18(2)26-25(27(33)30-16-21-11-22(28)13-24(12-21)32(34)35)14-23(8-6-10-36-19(3)4)31(26)17-20-7-5-9-29-15-20/h5,7,9,11-15,18-19H,6,8,10,16-17H2,1-4H3,(H,30,33). The predicted molar refractivity (Wildman–Crippen MR) is 135 cm³/mol. The Kier molecular flexibility index (Phi) is 9.30. The number of nitrogens with zero attached hydrogens (tertiary/aromatic N) is 3. The number of aromatic nitrogens is 2. The van der Waals surface area contributed by atoms with Gasteiger partial charge in [-0.05, 0) is 61.9 Å². The van der Waals surface area contributed by atoms with Crippen LogP contribution in [0.25, 0.3) is 0 Å². The van der Waals surface area contributed by atoms with Crippen molar-refractivity contribution < 1.29 is 18.8 Å². The highest BCUT2D eigenvalue weighted by molar-refractivity contribution is 5.96. The van der Waals surface area contributed by atoms with Crippen LogP contribution in [0.3, 0.4) is 0 Å². The fraction of sp³-hybridized carbons (Fsp3) is 0.407. The van der Waals surface area contributed by atoms with E-state index in [2.05, 4.69) is 14.9 Å². The number of amides is 1. The second-order valence-electron chi connectivity index (χ2n) is 9.32. The van der Waals surface area contributed by atoms with Crippen LogP contribution in [-0.4, -0.2) is 33.1 Å². The van der Waals surface area contributed by atoms with E-state index in [4.69, 9.17) is 4.74 Å². The lowest BCUT2D eigenvalue weighted by Crippen LogP contribution is -2.24. The third kappa shape index (κ3) is 7.21. The molecule has 0 spiro atoms. The van der Waals surface area contributed by atoms with E-state index in [9.17, 15) is 19.3 Å². The molecule has 0 unspecified atom stereocenters.